The van der Waals surface area contributed by atoms with E-state index < -0.39 is 10.0 Å². The zero-order chi connectivity index (χ0) is 15.5. The second-order valence-corrected chi connectivity index (χ2v) is 8.70. The van der Waals surface area contributed by atoms with E-state index in [2.05, 4.69) is 15.9 Å². The van der Waals surface area contributed by atoms with E-state index in [0.717, 1.165) is 29.3 Å². The molecular weight excluding hydrogens is 354 g/mol. The van der Waals surface area contributed by atoms with Gasteiger partial charge in [0.2, 0.25) is 10.0 Å². The zero-order valence-corrected chi connectivity index (χ0v) is 14.6. The molecule has 118 valence electrons. The van der Waals surface area contributed by atoms with Crippen molar-refractivity contribution in [2.75, 3.05) is 26.0 Å². The topological polar surface area (TPSA) is 57.6 Å². The van der Waals surface area contributed by atoms with Crippen LogP contribution in [0.25, 0.3) is 0 Å². The molecule has 0 saturated carbocycles. The summed E-state index contributed by atoms with van der Waals surface area (Å²) >= 11 is 3.45. The Labute approximate surface area is 135 Å². The number of piperidine rings is 1. The fraction of sp³-hybridized carbons (Fsp3) is 0.600. The molecule has 0 amide bonds. The molecule has 1 N–H and O–H groups in total. The Kier molecular flexibility index (Phi) is 5.82. The number of halogens is 1. The Morgan fingerprint density at radius 2 is 2.24 bits per heavy atom. The molecule has 1 heterocycles. The predicted octanol–water partition coefficient (Wildman–Crippen LogP) is 2.59. The highest BCUT2D eigenvalue weighted by atomic mass is 79.9. The summed E-state index contributed by atoms with van der Waals surface area (Å²) in [6, 6.07) is 7.97. The van der Waals surface area contributed by atoms with Crippen molar-refractivity contribution in [3.05, 3.63) is 34.3 Å². The van der Waals surface area contributed by atoms with Crippen molar-refractivity contribution in [3.8, 4) is 0 Å². The number of rotatable bonds is 5. The Bertz CT molecular complexity index is 576. The van der Waals surface area contributed by atoms with E-state index in [4.69, 9.17) is 0 Å². The molecule has 0 spiro atoms. The third-order valence-electron chi connectivity index (χ3n) is 4.11. The molecule has 1 aromatic rings. The summed E-state index contributed by atoms with van der Waals surface area (Å²) in [7, 11) is -3.11. The molecule has 1 saturated heterocycles. The van der Waals surface area contributed by atoms with Gasteiger partial charge in [-0.05, 0) is 42.9 Å². The lowest BCUT2D eigenvalue weighted by atomic mass is 9.85. The van der Waals surface area contributed by atoms with Crippen LogP contribution in [0.4, 0.5) is 0 Å². The second kappa shape index (κ2) is 7.22. The molecule has 2 rings (SSSR count). The average Bonchev–Trinajstić information content (AvgIpc) is 2.44. The number of nitrogens with zero attached hydrogens (tertiary/aromatic N) is 1. The summed E-state index contributed by atoms with van der Waals surface area (Å²) in [5, 5.41) is 9.68. The normalized spacial score (nSPS) is 22.1. The Hall–Kier alpha value is -0.430. The van der Waals surface area contributed by atoms with Gasteiger partial charge >= 0.3 is 0 Å². The van der Waals surface area contributed by atoms with Crippen molar-refractivity contribution in [3.63, 3.8) is 0 Å². The minimum atomic E-state index is -3.11. The Balaban J connectivity index is 2.05. The van der Waals surface area contributed by atoms with E-state index in [1.165, 1.54) is 6.26 Å². The third-order valence-corrected chi connectivity index (χ3v) is 5.87. The van der Waals surface area contributed by atoms with Gasteiger partial charge in [-0.2, -0.15) is 0 Å². The third kappa shape index (κ3) is 4.77. The van der Waals surface area contributed by atoms with Gasteiger partial charge in [0, 0.05) is 30.1 Å². The van der Waals surface area contributed by atoms with Crippen molar-refractivity contribution in [1.82, 2.24) is 4.31 Å². The maximum atomic E-state index is 11.7. The monoisotopic (exact) mass is 375 g/mol. The quantitative estimate of drug-likeness (QED) is 0.860. The zero-order valence-electron chi connectivity index (χ0n) is 12.2. The van der Waals surface area contributed by atoms with Gasteiger partial charge in [-0.25, -0.2) is 12.7 Å². The number of hydrogen-bond donors (Lipinski definition) is 1. The van der Waals surface area contributed by atoms with Crippen LogP contribution >= 0.6 is 15.9 Å². The summed E-state index contributed by atoms with van der Waals surface area (Å²) in [6.07, 6.45) is 4.01. The van der Waals surface area contributed by atoms with E-state index in [9.17, 15) is 13.5 Å². The van der Waals surface area contributed by atoms with Crippen LogP contribution in [-0.4, -0.2) is 43.8 Å². The highest BCUT2D eigenvalue weighted by Crippen LogP contribution is 2.30. The minimum Gasteiger partial charge on any atom is -0.396 e. The molecule has 2 atom stereocenters. The number of benzene rings is 1. The van der Waals surface area contributed by atoms with E-state index >= 15 is 0 Å². The van der Waals surface area contributed by atoms with Crippen molar-refractivity contribution >= 4 is 26.0 Å². The van der Waals surface area contributed by atoms with Gasteiger partial charge in [-0.1, -0.05) is 28.1 Å². The van der Waals surface area contributed by atoms with E-state index in [0.29, 0.717) is 19.0 Å². The lowest BCUT2D eigenvalue weighted by Crippen LogP contribution is -2.39. The molecule has 2 unspecified atom stereocenters. The molecule has 6 heteroatoms. The molecule has 0 bridgehead atoms. The Morgan fingerprint density at radius 1 is 1.48 bits per heavy atom. The smallest absolute Gasteiger partial charge is 0.211 e. The molecule has 0 radical (unpaired) electrons. The lowest BCUT2D eigenvalue weighted by molar-refractivity contribution is 0.205. The summed E-state index contributed by atoms with van der Waals surface area (Å²) in [4.78, 5) is 0. The van der Waals surface area contributed by atoms with Gasteiger partial charge in [0.15, 0.2) is 0 Å². The van der Waals surface area contributed by atoms with Crippen molar-refractivity contribution in [2.45, 2.75) is 25.2 Å². The SMILES string of the molecule is CS(=O)(=O)N1CCCC(CC(CO)c2cccc(Br)c2)C1. The van der Waals surface area contributed by atoms with Gasteiger partial charge in [0.25, 0.3) is 0 Å². The fourth-order valence-electron chi connectivity index (χ4n) is 3.00. The van der Waals surface area contributed by atoms with Crippen LogP contribution < -0.4 is 0 Å². The highest BCUT2D eigenvalue weighted by molar-refractivity contribution is 9.10. The fourth-order valence-corrected chi connectivity index (χ4v) is 4.36. The summed E-state index contributed by atoms with van der Waals surface area (Å²) in [5.41, 5.74) is 1.10. The number of aliphatic hydroxyl groups excluding tert-OH is 1. The molecule has 1 aliphatic heterocycles. The first-order chi connectivity index (χ1) is 9.90. The van der Waals surface area contributed by atoms with Crippen molar-refractivity contribution < 1.29 is 13.5 Å². The van der Waals surface area contributed by atoms with Crippen LogP contribution in [0.1, 0.15) is 30.7 Å². The van der Waals surface area contributed by atoms with Gasteiger partial charge in [0.05, 0.1) is 6.26 Å². The summed E-state index contributed by atoms with van der Waals surface area (Å²) in [5.74, 6) is 0.372. The first kappa shape index (κ1) is 16.9. The van der Waals surface area contributed by atoms with Crippen molar-refractivity contribution in [1.29, 1.82) is 0 Å². The lowest BCUT2D eigenvalue weighted by Gasteiger charge is -2.32. The van der Waals surface area contributed by atoms with Crippen LogP contribution in [0.2, 0.25) is 0 Å². The molecule has 0 aliphatic carbocycles. The van der Waals surface area contributed by atoms with E-state index in [1.807, 2.05) is 24.3 Å². The number of hydrogen-bond acceptors (Lipinski definition) is 3. The largest absolute Gasteiger partial charge is 0.396 e. The standard InChI is InChI=1S/C15H22BrNO3S/c1-21(19,20)17-7-3-4-12(10-17)8-14(11-18)13-5-2-6-15(16)9-13/h2,5-6,9,12,14,18H,3-4,7-8,10-11H2,1H3. The molecule has 21 heavy (non-hydrogen) atoms. The minimum absolute atomic E-state index is 0.0620. The van der Waals surface area contributed by atoms with Crippen LogP contribution in [-0.2, 0) is 10.0 Å². The Morgan fingerprint density at radius 3 is 2.86 bits per heavy atom. The molecule has 1 aliphatic rings. The molecule has 4 nitrogen and oxygen atoms in total. The molecule has 1 aromatic carbocycles. The summed E-state index contributed by atoms with van der Waals surface area (Å²) < 4.78 is 25.9. The average molecular weight is 376 g/mol. The number of sulfonamides is 1. The first-order valence-corrected chi connectivity index (χ1v) is 9.85. The van der Waals surface area contributed by atoms with Crippen LogP contribution in [0.3, 0.4) is 0 Å². The van der Waals surface area contributed by atoms with Crippen LogP contribution in [0.15, 0.2) is 28.7 Å². The van der Waals surface area contributed by atoms with E-state index in [1.54, 1.807) is 4.31 Å². The second-order valence-electron chi connectivity index (χ2n) is 5.80. The van der Waals surface area contributed by atoms with Gasteiger partial charge in [-0.3, -0.25) is 0 Å². The summed E-state index contributed by atoms with van der Waals surface area (Å²) in [6.45, 7) is 1.28. The van der Waals surface area contributed by atoms with Gasteiger partial charge in [-0.15, -0.1) is 0 Å². The highest BCUT2D eigenvalue weighted by Gasteiger charge is 2.28. The maximum absolute atomic E-state index is 11.7. The van der Waals surface area contributed by atoms with Crippen LogP contribution in [0, 0.1) is 5.92 Å². The van der Waals surface area contributed by atoms with E-state index in [-0.39, 0.29) is 12.5 Å². The van der Waals surface area contributed by atoms with Crippen LogP contribution in [0.5, 0.6) is 0 Å². The molecular formula is C15H22BrNO3S. The maximum Gasteiger partial charge on any atom is 0.211 e. The van der Waals surface area contributed by atoms with Gasteiger partial charge in [0.1, 0.15) is 0 Å². The van der Waals surface area contributed by atoms with Crippen molar-refractivity contribution in [2.24, 2.45) is 5.92 Å². The first-order valence-electron chi connectivity index (χ1n) is 7.21. The number of aliphatic hydroxyl groups is 1. The molecule has 1 fully saturated rings. The molecule has 0 aromatic heterocycles. The predicted molar refractivity (Wildman–Crippen MR) is 87.7 cm³/mol. The van der Waals surface area contributed by atoms with Gasteiger partial charge < -0.3 is 5.11 Å².